The van der Waals surface area contributed by atoms with Gasteiger partial charge in [0, 0.05) is 50.4 Å². The summed E-state index contributed by atoms with van der Waals surface area (Å²) >= 11 is 1.01. The Bertz CT molecular complexity index is 640. The Balaban J connectivity index is 0.00000312. The molecular formula is C15H21F3IN5S. The van der Waals surface area contributed by atoms with E-state index < -0.39 is 11.9 Å². The second kappa shape index (κ2) is 10.6. The Morgan fingerprint density at radius 2 is 2.00 bits per heavy atom. The van der Waals surface area contributed by atoms with Crippen LogP contribution in [-0.2, 0) is 19.1 Å². The highest BCUT2D eigenvalue weighted by molar-refractivity contribution is 14.0. The number of halogens is 4. The Hall–Kier alpha value is -1.30. The molecule has 0 fully saturated rings. The van der Waals surface area contributed by atoms with Gasteiger partial charge in [-0.3, -0.25) is 4.99 Å². The van der Waals surface area contributed by atoms with Gasteiger partial charge in [-0.05, 0) is 19.1 Å². The second-order valence-corrected chi connectivity index (χ2v) is 5.93. The van der Waals surface area contributed by atoms with Crippen LogP contribution in [-0.4, -0.2) is 35.1 Å². The van der Waals surface area contributed by atoms with Crippen LogP contribution in [0.1, 0.15) is 17.6 Å². The Morgan fingerprint density at radius 1 is 1.28 bits per heavy atom. The monoisotopic (exact) mass is 487 g/mol. The fourth-order valence-electron chi connectivity index (χ4n) is 1.98. The first kappa shape index (κ1) is 21.7. The van der Waals surface area contributed by atoms with Crippen molar-refractivity contribution in [2.24, 2.45) is 4.99 Å². The number of thiazole rings is 1. The smallest absolute Gasteiger partial charge is 0.357 e. The van der Waals surface area contributed by atoms with Gasteiger partial charge in [0.1, 0.15) is 0 Å². The molecule has 10 heteroatoms. The number of hydrogen-bond donors (Lipinski definition) is 2. The quantitative estimate of drug-likeness (QED) is 0.358. The van der Waals surface area contributed by atoms with E-state index in [2.05, 4.69) is 20.6 Å². The third-order valence-electron chi connectivity index (χ3n) is 3.11. The normalized spacial score (nSPS) is 11.9. The maximum Gasteiger partial charge on any atom is 0.434 e. The first-order chi connectivity index (χ1) is 11.5. The Kier molecular flexibility index (Phi) is 9.25. The van der Waals surface area contributed by atoms with Gasteiger partial charge >= 0.3 is 6.18 Å². The Labute approximate surface area is 165 Å². The van der Waals surface area contributed by atoms with E-state index >= 15 is 0 Å². The third kappa shape index (κ3) is 7.63. The largest absolute Gasteiger partial charge is 0.434 e. The molecule has 0 amide bonds. The van der Waals surface area contributed by atoms with Gasteiger partial charge in [-0.1, -0.05) is 0 Å². The number of aliphatic imine (C=N–C) groups is 1. The standard InChI is InChI=1S/C15H20F3N5S.HI/c1-2-19-14(21-7-10-23-8-3-4-9-23)20-6-5-13-22-12(11-24-13)15(16,17)18;/h3-4,8-9,11H,2,5-7,10H2,1H3,(H2,19,20,21);1H. The molecule has 2 aromatic heterocycles. The number of hydrogen-bond acceptors (Lipinski definition) is 3. The van der Waals surface area contributed by atoms with Crippen LogP contribution in [0.2, 0.25) is 0 Å². The lowest BCUT2D eigenvalue weighted by molar-refractivity contribution is -0.140. The fourth-order valence-corrected chi connectivity index (χ4v) is 2.78. The molecule has 0 atom stereocenters. The van der Waals surface area contributed by atoms with Gasteiger partial charge in [0.2, 0.25) is 0 Å². The minimum absolute atomic E-state index is 0. The highest BCUT2D eigenvalue weighted by Crippen LogP contribution is 2.30. The van der Waals surface area contributed by atoms with Crippen molar-refractivity contribution in [3.63, 3.8) is 0 Å². The van der Waals surface area contributed by atoms with E-state index in [0.717, 1.165) is 23.3 Å². The zero-order valence-electron chi connectivity index (χ0n) is 13.7. The summed E-state index contributed by atoms with van der Waals surface area (Å²) in [5, 5.41) is 7.79. The molecule has 2 N–H and O–H groups in total. The maximum atomic E-state index is 12.5. The van der Waals surface area contributed by atoms with Gasteiger partial charge < -0.3 is 15.2 Å². The molecule has 0 aliphatic carbocycles. The van der Waals surface area contributed by atoms with Gasteiger partial charge in [0.25, 0.3) is 0 Å². The Morgan fingerprint density at radius 3 is 2.60 bits per heavy atom. The first-order valence-corrected chi connectivity index (χ1v) is 8.51. The lowest BCUT2D eigenvalue weighted by Crippen LogP contribution is -2.39. The van der Waals surface area contributed by atoms with E-state index in [1.165, 1.54) is 0 Å². The summed E-state index contributed by atoms with van der Waals surface area (Å²) in [5.74, 6) is 0.650. The van der Waals surface area contributed by atoms with E-state index in [1.807, 2.05) is 36.0 Å². The number of nitrogens with zero attached hydrogens (tertiary/aromatic N) is 3. The summed E-state index contributed by atoms with van der Waals surface area (Å²) < 4.78 is 39.6. The van der Waals surface area contributed by atoms with Crippen molar-refractivity contribution in [3.05, 3.63) is 40.6 Å². The van der Waals surface area contributed by atoms with Crippen molar-refractivity contribution in [1.82, 2.24) is 20.2 Å². The van der Waals surface area contributed by atoms with Gasteiger partial charge in [0.15, 0.2) is 11.7 Å². The van der Waals surface area contributed by atoms with Crippen molar-refractivity contribution in [3.8, 4) is 0 Å². The molecule has 0 spiro atoms. The van der Waals surface area contributed by atoms with Crippen LogP contribution < -0.4 is 10.6 Å². The van der Waals surface area contributed by atoms with E-state index in [1.54, 1.807) is 0 Å². The van der Waals surface area contributed by atoms with Crippen molar-refractivity contribution < 1.29 is 13.2 Å². The van der Waals surface area contributed by atoms with Crippen molar-refractivity contribution in [2.75, 3.05) is 19.6 Å². The molecule has 0 saturated heterocycles. The molecule has 5 nitrogen and oxygen atoms in total. The molecule has 0 radical (unpaired) electrons. The highest BCUT2D eigenvalue weighted by atomic mass is 127. The molecule has 0 unspecified atom stereocenters. The second-order valence-electron chi connectivity index (χ2n) is 4.98. The maximum absolute atomic E-state index is 12.5. The molecule has 0 aliphatic rings. The van der Waals surface area contributed by atoms with Gasteiger partial charge in [-0.2, -0.15) is 13.2 Å². The third-order valence-corrected chi connectivity index (χ3v) is 4.02. The minimum Gasteiger partial charge on any atom is -0.357 e. The number of nitrogens with one attached hydrogen (secondary N) is 2. The molecule has 25 heavy (non-hydrogen) atoms. The van der Waals surface area contributed by atoms with Crippen LogP contribution in [0.15, 0.2) is 34.9 Å². The lowest BCUT2D eigenvalue weighted by atomic mass is 10.4. The van der Waals surface area contributed by atoms with Crippen LogP contribution >= 0.6 is 35.3 Å². The summed E-state index contributed by atoms with van der Waals surface area (Å²) in [7, 11) is 0. The number of guanidine groups is 1. The molecule has 2 aromatic rings. The highest BCUT2D eigenvalue weighted by Gasteiger charge is 2.33. The fraction of sp³-hybridized carbons (Fsp3) is 0.467. The average molecular weight is 487 g/mol. The first-order valence-electron chi connectivity index (χ1n) is 7.63. The minimum atomic E-state index is -4.38. The summed E-state index contributed by atoms with van der Waals surface area (Å²) in [4.78, 5) is 7.97. The van der Waals surface area contributed by atoms with Crippen molar-refractivity contribution >= 4 is 41.3 Å². The van der Waals surface area contributed by atoms with E-state index in [9.17, 15) is 13.2 Å². The zero-order chi connectivity index (χ0) is 17.4. The molecule has 0 aliphatic heterocycles. The molecule has 2 heterocycles. The zero-order valence-corrected chi connectivity index (χ0v) is 16.9. The predicted octanol–water partition coefficient (Wildman–Crippen LogP) is 3.38. The molecule has 0 aromatic carbocycles. The number of rotatable bonds is 7. The summed E-state index contributed by atoms with van der Waals surface area (Å²) in [5.41, 5.74) is -0.830. The summed E-state index contributed by atoms with van der Waals surface area (Å²) in [6, 6.07) is 3.92. The van der Waals surface area contributed by atoms with E-state index in [0.29, 0.717) is 37.0 Å². The predicted molar refractivity (Wildman–Crippen MR) is 105 cm³/mol. The van der Waals surface area contributed by atoms with Crippen LogP contribution in [0.5, 0.6) is 0 Å². The van der Waals surface area contributed by atoms with Crippen LogP contribution in [0.4, 0.5) is 13.2 Å². The van der Waals surface area contributed by atoms with Gasteiger partial charge in [-0.25, -0.2) is 4.98 Å². The van der Waals surface area contributed by atoms with Crippen LogP contribution in [0.25, 0.3) is 0 Å². The number of alkyl halides is 3. The molecule has 2 rings (SSSR count). The van der Waals surface area contributed by atoms with E-state index in [-0.39, 0.29) is 24.0 Å². The molecule has 0 saturated carbocycles. The van der Waals surface area contributed by atoms with Crippen LogP contribution in [0, 0.1) is 0 Å². The topological polar surface area (TPSA) is 54.2 Å². The molecule has 140 valence electrons. The SMILES string of the molecule is CCNC(=NCCc1nc(C(F)(F)F)cs1)NCCn1cccc1.I. The number of aromatic nitrogens is 2. The van der Waals surface area contributed by atoms with Gasteiger partial charge in [-0.15, -0.1) is 35.3 Å². The molecular weight excluding hydrogens is 466 g/mol. The van der Waals surface area contributed by atoms with Gasteiger partial charge in [0.05, 0.1) is 5.01 Å². The molecule has 0 bridgehead atoms. The summed E-state index contributed by atoms with van der Waals surface area (Å²) in [6.45, 7) is 4.56. The average Bonchev–Trinajstić information content (AvgIpc) is 3.18. The van der Waals surface area contributed by atoms with Crippen molar-refractivity contribution in [1.29, 1.82) is 0 Å². The van der Waals surface area contributed by atoms with Crippen LogP contribution in [0.3, 0.4) is 0 Å². The lowest BCUT2D eigenvalue weighted by Gasteiger charge is -2.11. The summed E-state index contributed by atoms with van der Waals surface area (Å²) in [6.07, 6.45) is -0.0409. The van der Waals surface area contributed by atoms with E-state index in [4.69, 9.17) is 0 Å². The van der Waals surface area contributed by atoms with Crippen molar-refractivity contribution in [2.45, 2.75) is 26.1 Å².